The first-order valence-electron chi connectivity index (χ1n) is 5.76. The van der Waals surface area contributed by atoms with E-state index in [0.717, 1.165) is 23.0 Å². The zero-order valence-electron chi connectivity index (χ0n) is 11.0. The largest absolute Gasteiger partial charge is 0.534 e. The second kappa shape index (κ2) is 4.95. The highest BCUT2D eigenvalue weighted by Gasteiger charge is 2.50. The molecule has 0 N–H and O–H groups in total. The van der Waals surface area contributed by atoms with E-state index in [2.05, 4.69) is 24.7 Å². The second-order valence-electron chi connectivity index (χ2n) is 4.23. The number of alkyl halides is 3. The van der Waals surface area contributed by atoms with E-state index >= 15 is 0 Å². The highest BCUT2D eigenvalue weighted by atomic mass is 32.2. The molecule has 0 aliphatic heterocycles. The molecule has 15 heteroatoms. The van der Waals surface area contributed by atoms with Crippen LogP contribution in [0.4, 0.5) is 18.9 Å². The number of hydrogen-bond donors (Lipinski definition) is 0. The van der Waals surface area contributed by atoms with E-state index in [1.807, 2.05) is 0 Å². The van der Waals surface area contributed by atoms with E-state index in [-0.39, 0.29) is 10.9 Å². The van der Waals surface area contributed by atoms with Gasteiger partial charge in [-0.3, -0.25) is 15.1 Å². The Kier molecular flexibility index (Phi) is 3.25. The number of fused-ring (bicyclic) bond motifs is 3. The van der Waals surface area contributed by atoms with E-state index in [1.54, 1.807) is 0 Å². The molecule has 3 heterocycles. The number of tetrazole rings is 1. The SMILES string of the molecule is O=[N+]([O-])c1c(OS(=O)(=O)C(F)(F)F)c2ccncc2n2nnnc12. The summed E-state index contributed by atoms with van der Waals surface area (Å²) in [6.07, 6.45) is 2.16. The Morgan fingerprint density at radius 1 is 1.33 bits per heavy atom. The molecule has 0 saturated heterocycles. The summed E-state index contributed by atoms with van der Waals surface area (Å²) >= 11 is 0. The minimum atomic E-state index is -6.15. The Balaban J connectivity index is 2.44. The summed E-state index contributed by atoms with van der Waals surface area (Å²) in [5.41, 5.74) is -7.60. The maximum atomic E-state index is 12.6. The van der Waals surface area contributed by atoms with E-state index in [1.165, 1.54) is 0 Å². The van der Waals surface area contributed by atoms with Crippen molar-refractivity contribution in [2.24, 2.45) is 0 Å². The molecule has 11 nitrogen and oxygen atoms in total. The molecule has 0 amide bonds. The highest BCUT2D eigenvalue weighted by Crippen LogP contribution is 2.40. The van der Waals surface area contributed by atoms with Gasteiger partial charge in [-0.05, 0) is 16.5 Å². The molecule has 24 heavy (non-hydrogen) atoms. The third-order valence-electron chi connectivity index (χ3n) is 2.83. The van der Waals surface area contributed by atoms with Crippen molar-refractivity contribution in [2.75, 3.05) is 0 Å². The topological polar surface area (TPSA) is 142 Å². The van der Waals surface area contributed by atoms with Crippen LogP contribution in [0.15, 0.2) is 18.5 Å². The van der Waals surface area contributed by atoms with Gasteiger partial charge in [0, 0.05) is 6.20 Å². The molecule has 0 unspecified atom stereocenters. The highest BCUT2D eigenvalue weighted by molar-refractivity contribution is 7.88. The normalized spacial score (nSPS) is 12.6. The van der Waals surface area contributed by atoms with Crippen LogP contribution < -0.4 is 4.18 Å². The lowest BCUT2D eigenvalue weighted by atomic mass is 10.2. The van der Waals surface area contributed by atoms with Gasteiger partial charge >= 0.3 is 21.3 Å². The number of nitrogens with zero attached hydrogens (tertiary/aromatic N) is 6. The Bertz CT molecular complexity index is 1080. The van der Waals surface area contributed by atoms with Crippen molar-refractivity contribution in [3.8, 4) is 5.75 Å². The zero-order valence-corrected chi connectivity index (χ0v) is 11.8. The number of pyridine rings is 2. The van der Waals surface area contributed by atoms with Gasteiger partial charge in [-0.25, -0.2) is 0 Å². The third kappa shape index (κ3) is 2.25. The first-order chi connectivity index (χ1) is 11.1. The summed E-state index contributed by atoms with van der Waals surface area (Å²) in [5, 5.41) is 20.9. The van der Waals surface area contributed by atoms with Crippen LogP contribution in [0.3, 0.4) is 0 Å². The van der Waals surface area contributed by atoms with Crippen molar-refractivity contribution >= 4 is 32.4 Å². The minimum Gasteiger partial charge on any atom is -0.368 e. The molecule has 0 aliphatic carbocycles. The third-order valence-corrected chi connectivity index (χ3v) is 3.78. The Hall–Kier alpha value is -3.10. The molecular formula is C9H3F3N6O5S. The number of halogens is 3. The van der Waals surface area contributed by atoms with Gasteiger partial charge in [-0.1, -0.05) is 0 Å². The van der Waals surface area contributed by atoms with Crippen LogP contribution in [0.25, 0.3) is 16.6 Å². The van der Waals surface area contributed by atoms with E-state index < -0.39 is 37.6 Å². The average Bonchev–Trinajstić information content (AvgIpc) is 2.94. The quantitative estimate of drug-likeness (QED) is 0.285. The van der Waals surface area contributed by atoms with Crippen molar-refractivity contribution in [3.63, 3.8) is 0 Å². The lowest BCUT2D eigenvalue weighted by Crippen LogP contribution is -2.28. The maximum Gasteiger partial charge on any atom is 0.534 e. The molecule has 3 aromatic heterocycles. The molecule has 0 aromatic carbocycles. The molecule has 0 aliphatic rings. The molecule has 0 bridgehead atoms. The van der Waals surface area contributed by atoms with Gasteiger partial charge in [0.2, 0.25) is 5.75 Å². The van der Waals surface area contributed by atoms with Crippen molar-refractivity contribution < 1.29 is 30.7 Å². The Morgan fingerprint density at radius 2 is 2.04 bits per heavy atom. The monoisotopic (exact) mass is 364 g/mol. The lowest BCUT2D eigenvalue weighted by Gasteiger charge is -2.11. The summed E-state index contributed by atoms with van der Waals surface area (Å²) in [6.45, 7) is 0. The van der Waals surface area contributed by atoms with Gasteiger partial charge in [0.25, 0.3) is 5.65 Å². The number of nitro groups is 1. The van der Waals surface area contributed by atoms with Crippen LogP contribution in [0.1, 0.15) is 0 Å². The van der Waals surface area contributed by atoms with Gasteiger partial charge in [0.05, 0.1) is 22.0 Å². The second-order valence-corrected chi connectivity index (χ2v) is 5.76. The number of rotatable bonds is 3. The van der Waals surface area contributed by atoms with E-state index in [0.29, 0.717) is 0 Å². The molecule has 0 fully saturated rings. The Labute approximate surface area is 128 Å². The van der Waals surface area contributed by atoms with Crippen LogP contribution in [0, 0.1) is 10.1 Å². The average molecular weight is 364 g/mol. The Morgan fingerprint density at radius 3 is 2.67 bits per heavy atom. The molecule has 0 saturated carbocycles. The minimum absolute atomic E-state index is 0.0875. The molecule has 3 aromatic rings. The lowest BCUT2D eigenvalue weighted by molar-refractivity contribution is -0.384. The molecule has 126 valence electrons. The summed E-state index contributed by atoms with van der Waals surface area (Å²) in [5.74, 6) is -1.16. The standard InChI is InChI=1S/C9H3F3N6O5S/c10-9(11,12)24(21,22)23-7-4-1-2-13-3-5(4)17-8(14-15-16-17)6(7)18(19)20/h1-3H. The van der Waals surface area contributed by atoms with Gasteiger partial charge in [-0.15, -0.1) is 5.10 Å². The maximum absolute atomic E-state index is 12.6. The van der Waals surface area contributed by atoms with Crippen LogP contribution in [-0.2, 0) is 10.1 Å². The zero-order chi connectivity index (χ0) is 17.7. The van der Waals surface area contributed by atoms with Gasteiger partial charge in [-0.2, -0.15) is 26.1 Å². The summed E-state index contributed by atoms with van der Waals surface area (Å²) < 4.78 is 65.1. The van der Waals surface area contributed by atoms with Crippen LogP contribution in [0.2, 0.25) is 0 Å². The molecular weight excluding hydrogens is 361 g/mol. The van der Waals surface area contributed by atoms with Crippen molar-refractivity contribution in [1.82, 2.24) is 25.0 Å². The first-order valence-corrected chi connectivity index (χ1v) is 7.17. The summed E-state index contributed by atoms with van der Waals surface area (Å²) in [7, 11) is -6.15. The fourth-order valence-corrected chi connectivity index (χ4v) is 2.36. The van der Waals surface area contributed by atoms with E-state index in [9.17, 15) is 31.7 Å². The molecule has 0 atom stereocenters. The van der Waals surface area contributed by atoms with Crippen molar-refractivity contribution in [1.29, 1.82) is 0 Å². The summed E-state index contributed by atoms with van der Waals surface area (Å²) in [4.78, 5) is 13.8. The van der Waals surface area contributed by atoms with Crippen LogP contribution in [0.5, 0.6) is 5.75 Å². The van der Waals surface area contributed by atoms with Gasteiger partial charge < -0.3 is 4.18 Å². The smallest absolute Gasteiger partial charge is 0.368 e. The number of aromatic nitrogens is 5. The molecule has 3 rings (SSSR count). The number of hydrogen-bond acceptors (Lipinski definition) is 9. The first kappa shape index (κ1) is 15.8. The van der Waals surface area contributed by atoms with Crippen LogP contribution in [-0.4, -0.2) is 43.9 Å². The fraction of sp³-hybridized carbons (Fsp3) is 0.111. The predicted molar refractivity (Wildman–Crippen MR) is 68.3 cm³/mol. The van der Waals surface area contributed by atoms with Crippen molar-refractivity contribution in [3.05, 3.63) is 28.6 Å². The predicted octanol–water partition coefficient (Wildman–Crippen LogP) is 0.809. The van der Waals surface area contributed by atoms with Gasteiger partial charge in [0.1, 0.15) is 0 Å². The molecule has 0 radical (unpaired) electrons. The van der Waals surface area contributed by atoms with Crippen LogP contribution >= 0.6 is 0 Å². The van der Waals surface area contributed by atoms with Gasteiger partial charge in [0.15, 0.2) is 0 Å². The fourth-order valence-electron chi connectivity index (χ4n) is 1.88. The van der Waals surface area contributed by atoms with E-state index in [4.69, 9.17) is 0 Å². The summed E-state index contributed by atoms with van der Waals surface area (Å²) in [6, 6.07) is 1.03. The molecule has 0 spiro atoms. The van der Waals surface area contributed by atoms with Crippen molar-refractivity contribution in [2.45, 2.75) is 5.51 Å².